The highest BCUT2D eigenvalue weighted by Crippen LogP contribution is 2.10. The molecule has 2 aromatic heterocycles. The molecule has 2 aromatic rings. The molecule has 0 bridgehead atoms. The van der Waals surface area contributed by atoms with Crippen LogP contribution in [0.2, 0.25) is 0 Å². The molecule has 14 heavy (non-hydrogen) atoms. The lowest BCUT2D eigenvalue weighted by Crippen LogP contribution is -2.21. The second kappa shape index (κ2) is 3.03. The summed E-state index contributed by atoms with van der Waals surface area (Å²) in [6.07, 6.45) is 4.78. The fourth-order valence-electron chi connectivity index (χ4n) is 1.05. The van der Waals surface area contributed by atoms with Crippen molar-refractivity contribution >= 4 is 20.9 Å². The molecule has 0 atom stereocenters. The second-order valence-electron chi connectivity index (χ2n) is 2.66. The van der Waals surface area contributed by atoms with Crippen molar-refractivity contribution in [2.45, 2.75) is 5.16 Å². The molecule has 2 rings (SSSR count). The minimum Gasteiger partial charge on any atom is -0.365 e. The van der Waals surface area contributed by atoms with E-state index in [2.05, 4.69) is 19.7 Å². The molecule has 0 unspecified atom stereocenters. The Hall–Kier alpha value is -1.47. The molecule has 0 fully saturated rings. The van der Waals surface area contributed by atoms with E-state index >= 15 is 0 Å². The fraction of sp³-hybridized carbons (Fsp3) is 0.143. The summed E-state index contributed by atoms with van der Waals surface area (Å²) in [4.78, 5) is 10.4. The molecule has 0 spiro atoms. The van der Waals surface area contributed by atoms with Gasteiger partial charge in [-0.05, 0) is 7.05 Å². The molecule has 0 aromatic carbocycles. The molecule has 74 valence electrons. The van der Waals surface area contributed by atoms with Gasteiger partial charge in [0.2, 0.25) is 0 Å². The molecule has 2 heterocycles. The molecule has 0 aliphatic rings. The lowest BCUT2D eigenvalue weighted by atomic mass is 10.4. The summed E-state index contributed by atoms with van der Waals surface area (Å²) in [6, 6.07) is 0. The van der Waals surface area contributed by atoms with Gasteiger partial charge < -0.3 is 4.98 Å². The molecular weight excluding hydrogens is 204 g/mol. The average molecular weight is 212 g/mol. The van der Waals surface area contributed by atoms with Crippen LogP contribution in [-0.4, -0.2) is 30.4 Å². The maximum absolute atomic E-state index is 11.3. The number of nitrogens with one attached hydrogen (secondary N) is 2. The Balaban J connectivity index is 2.65. The Bertz CT molecular complexity index is 560. The Labute approximate surface area is 80.4 Å². The van der Waals surface area contributed by atoms with Gasteiger partial charge in [-0.1, -0.05) is 0 Å². The molecule has 7 heteroatoms. The molecule has 0 saturated carbocycles. The molecular formula is C7H8N4O2S. The Morgan fingerprint density at radius 1 is 1.43 bits per heavy atom. The topological polar surface area (TPSA) is 87.7 Å². The number of hydrogen-bond acceptors (Lipinski definition) is 4. The first-order valence-corrected chi connectivity index (χ1v) is 5.35. The molecule has 0 aliphatic heterocycles. The minimum atomic E-state index is -3.55. The van der Waals surface area contributed by atoms with Crippen LogP contribution in [0.4, 0.5) is 0 Å². The van der Waals surface area contributed by atoms with E-state index in [9.17, 15) is 8.42 Å². The highest BCUT2D eigenvalue weighted by atomic mass is 32.2. The number of rotatable bonds is 2. The van der Waals surface area contributed by atoms with Crippen molar-refractivity contribution in [3.05, 3.63) is 18.6 Å². The zero-order valence-corrected chi connectivity index (χ0v) is 8.17. The first kappa shape index (κ1) is 9.10. The van der Waals surface area contributed by atoms with Gasteiger partial charge in [0.1, 0.15) is 0 Å². The van der Waals surface area contributed by atoms with Gasteiger partial charge in [0.25, 0.3) is 15.2 Å². The zero-order chi connectivity index (χ0) is 10.2. The lowest BCUT2D eigenvalue weighted by molar-refractivity contribution is 0.579. The monoisotopic (exact) mass is 212 g/mol. The van der Waals surface area contributed by atoms with Gasteiger partial charge in [-0.2, -0.15) is 0 Å². The lowest BCUT2D eigenvalue weighted by Gasteiger charge is -1.99. The predicted molar refractivity (Wildman–Crippen MR) is 50.1 cm³/mol. The van der Waals surface area contributed by atoms with Crippen LogP contribution < -0.4 is 4.72 Å². The van der Waals surface area contributed by atoms with E-state index in [4.69, 9.17) is 0 Å². The average Bonchev–Trinajstić information content (AvgIpc) is 2.64. The molecule has 6 nitrogen and oxygen atoms in total. The van der Waals surface area contributed by atoms with E-state index in [0.29, 0.717) is 5.52 Å². The second-order valence-corrected chi connectivity index (χ2v) is 4.44. The number of fused-ring (bicyclic) bond motifs is 1. The van der Waals surface area contributed by atoms with Crippen LogP contribution in [0.1, 0.15) is 0 Å². The number of nitrogens with zero attached hydrogens (tertiary/aromatic N) is 2. The normalized spacial score (nSPS) is 12.1. The zero-order valence-electron chi connectivity index (χ0n) is 7.35. The number of hydrogen-bond donors (Lipinski definition) is 2. The largest absolute Gasteiger partial charge is 0.365 e. The summed E-state index contributed by atoms with van der Waals surface area (Å²) >= 11 is 0. The molecule has 2 N–H and O–H groups in total. The summed E-state index contributed by atoms with van der Waals surface area (Å²) in [5.41, 5.74) is 0.578. The molecule has 0 amide bonds. The van der Waals surface area contributed by atoms with Gasteiger partial charge in [0.15, 0.2) is 0 Å². The van der Waals surface area contributed by atoms with Crippen molar-refractivity contribution in [3.8, 4) is 0 Å². The van der Waals surface area contributed by atoms with Gasteiger partial charge in [0, 0.05) is 24.0 Å². The van der Waals surface area contributed by atoms with Gasteiger partial charge in [-0.25, -0.2) is 23.1 Å². The van der Waals surface area contributed by atoms with Gasteiger partial charge >= 0.3 is 0 Å². The van der Waals surface area contributed by atoms with Crippen LogP contribution >= 0.6 is 0 Å². The maximum atomic E-state index is 11.3. The van der Waals surface area contributed by atoms with Crippen LogP contribution in [0.3, 0.4) is 0 Å². The van der Waals surface area contributed by atoms with E-state index in [0.717, 1.165) is 5.39 Å². The first-order chi connectivity index (χ1) is 6.63. The van der Waals surface area contributed by atoms with Gasteiger partial charge in [0.05, 0.1) is 5.52 Å². The fourth-order valence-corrected chi connectivity index (χ4v) is 1.64. The van der Waals surface area contributed by atoms with Crippen LogP contribution in [-0.2, 0) is 10.0 Å². The van der Waals surface area contributed by atoms with E-state index in [1.165, 1.54) is 13.2 Å². The van der Waals surface area contributed by atoms with E-state index in [1.807, 2.05) is 0 Å². The van der Waals surface area contributed by atoms with Crippen molar-refractivity contribution in [2.24, 2.45) is 0 Å². The Morgan fingerprint density at radius 3 is 2.93 bits per heavy atom. The van der Waals surface area contributed by atoms with E-state index in [1.54, 1.807) is 12.4 Å². The summed E-state index contributed by atoms with van der Waals surface area (Å²) in [6.45, 7) is 0. The number of aromatic amines is 1. The van der Waals surface area contributed by atoms with E-state index < -0.39 is 10.0 Å². The van der Waals surface area contributed by atoms with Crippen LogP contribution in [0.25, 0.3) is 10.9 Å². The quantitative estimate of drug-likeness (QED) is 0.678. The van der Waals surface area contributed by atoms with Crippen molar-refractivity contribution in [1.29, 1.82) is 0 Å². The van der Waals surface area contributed by atoms with Crippen molar-refractivity contribution in [1.82, 2.24) is 19.7 Å². The Morgan fingerprint density at radius 2 is 2.21 bits per heavy atom. The van der Waals surface area contributed by atoms with Crippen LogP contribution in [0.15, 0.2) is 23.7 Å². The third-order valence-corrected chi connectivity index (χ3v) is 3.01. The third-order valence-electron chi connectivity index (χ3n) is 1.79. The van der Waals surface area contributed by atoms with Crippen LogP contribution in [0.5, 0.6) is 0 Å². The van der Waals surface area contributed by atoms with Crippen molar-refractivity contribution in [3.63, 3.8) is 0 Å². The van der Waals surface area contributed by atoms with Crippen molar-refractivity contribution < 1.29 is 8.42 Å². The molecule has 0 saturated heterocycles. The van der Waals surface area contributed by atoms with Crippen LogP contribution in [0, 0.1) is 0 Å². The minimum absolute atomic E-state index is 0.216. The molecule has 0 radical (unpaired) electrons. The summed E-state index contributed by atoms with van der Waals surface area (Å²) < 4.78 is 24.8. The summed E-state index contributed by atoms with van der Waals surface area (Å²) in [5, 5.41) is 0.562. The highest BCUT2D eigenvalue weighted by molar-refractivity contribution is 7.89. The van der Waals surface area contributed by atoms with E-state index in [-0.39, 0.29) is 5.16 Å². The highest BCUT2D eigenvalue weighted by Gasteiger charge is 2.15. The number of sulfonamides is 1. The summed E-state index contributed by atoms with van der Waals surface area (Å²) in [5.74, 6) is 0. The smallest absolute Gasteiger partial charge is 0.276 e. The third kappa shape index (κ3) is 1.36. The maximum Gasteiger partial charge on any atom is 0.276 e. The number of H-pyrrole nitrogens is 1. The number of aromatic nitrogens is 3. The predicted octanol–water partition coefficient (Wildman–Crippen LogP) is -0.134. The van der Waals surface area contributed by atoms with Gasteiger partial charge in [-0.3, -0.25) is 0 Å². The first-order valence-electron chi connectivity index (χ1n) is 3.86. The summed E-state index contributed by atoms with van der Waals surface area (Å²) in [7, 11) is -2.23. The molecule has 0 aliphatic carbocycles. The standard InChI is InChI=1S/C7H8N4O2S/c1-8-14(12,13)7-10-3-5-2-9-4-6(5)11-7/h2-4,8-9H,1H3. The Kier molecular flexibility index (Phi) is 1.97. The SMILES string of the molecule is CNS(=O)(=O)c1ncc2c[nH]cc2n1. The van der Waals surface area contributed by atoms with Crippen molar-refractivity contribution in [2.75, 3.05) is 7.05 Å². The van der Waals surface area contributed by atoms with Gasteiger partial charge in [-0.15, -0.1) is 0 Å².